The van der Waals surface area contributed by atoms with Crippen molar-refractivity contribution in [2.24, 2.45) is 5.41 Å². The van der Waals surface area contributed by atoms with Crippen LogP contribution in [0.4, 0.5) is 0 Å². The molecule has 1 heterocycles. The van der Waals surface area contributed by atoms with E-state index in [1.54, 1.807) is 4.68 Å². The van der Waals surface area contributed by atoms with Gasteiger partial charge in [0.15, 0.2) is 6.29 Å². The zero-order valence-electron chi connectivity index (χ0n) is 8.10. The average molecular weight is 195 g/mol. The van der Waals surface area contributed by atoms with Crippen LogP contribution in [-0.2, 0) is 6.54 Å². The van der Waals surface area contributed by atoms with Gasteiger partial charge in [0.25, 0.3) is 0 Å². The van der Waals surface area contributed by atoms with E-state index < -0.39 is 0 Å². The number of aldehydes is 1. The van der Waals surface area contributed by atoms with Gasteiger partial charge in [-0.2, -0.15) is 0 Å². The second kappa shape index (κ2) is 3.16. The molecular formula is C9H13N3O2. The van der Waals surface area contributed by atoms with E-state index in [9.17, 15) is 4.79 Å². The number of nitrogens with zero attached hydrogens (tertiary/aromatic N) is 3. The molecule has 1 aromatic heterocycles. The summed E-state index contributed by atoms with van der Waals surface area (Å²) in [6.07, 6.45) is 2.76. The Hall–Kier alpha value is -1.23. The molecule has 0 aliphatic heterocycles. The Morgan fingerprint density at radius 2 is 2.36 bits per heavy atom. The molecule has 0 saturated heterocycles. The third-order valence-electron chi connectivity index (χ3n) is 2.91. The van der Waals surface area contributed by atoms with Crippen molar-refractivity contribution < 1.29 is 9.90 Å². The smallest absolute Gasteiger partial charge is 0.172 e. The van der Waals surface area contributed by atoms with Gasteiger partial charge in [0.05, 0.1) is 18.8 Å². The first kappa shape index (κ1) is 9.33. The summed E-state index contributed by atoms with van der Waals surface area (Å²) >= 11 is 0. The highest BCUT2D eigenvalue weighted by atomic mass is 16.3. The molecule has 14 heavy (non-hydrogen) atoms. The Morgan fingerprint density at radius 3 is 2.79 bits per heavy atom. The number of hydrogen-bond donors (Lipinski definition) is 1. The monoisotopic (exact) mass is 195 g/mol. The fourth-order valence-electron chi connectivity index (χ4n) is 1.49. The van der Waals surface area contributed by atoms with E-state index in [2.05, 4.69) is 10.3 Å². The molecule has 76 valence electrons. The molecule has 1 aliphatic rings. The van der Waals surface area contributed by atoms with Crippen molar-refractivity contribution >= 4 is 6.29 Å². The molecule has 5 heteroatoms. The van der Waals surface area contributed by atoms with Crippen molar-refractivity contribution in [1.29, 1.82) is 0 Å². The lowest BCUT2D eigenvalue weighted by molar-refractivity contribution is 0.111. The molecule has 2 rings (SSSR count). The van der Waals surface area contributed by atoms with E-state index in [0.717, 1.165) is 18.5 Å². The van der Waals surface area contributed by atoms with Crippen molar-refractivity contribution in [3.63, 3.8) is 0 Å². The minimum Gasteiger partial charge on any atom is -0.396 e. The fraction of sp³-hybridized carbons (Fsp3) is 0.667. The number of hydrogen-bond acceptors (Lipinski definition) is 4. The molecule has 0 unspecified atom stereocenters. The molecule has 1 fully saturated rings. The first-order valence-corrected chi connectivity index (χ1v) is 4.67. The van der Waals surface area contributed by atoms with Gasteiger partial charge in [-0.05, 0) is 19.8 Å². The van der Waals surface area contributed by atoms with Crippen molar-refractivity contribution in [1.82, 2.24) is 15.0 Å². The van der Waals surface area contributed by atoms with Crippen molar-refractivity contribution in [2.75, 3.05) is 6.61 Å². The lowest BCUT2D eigenvalue weighted by atomic mass is 10.1. The van der Waals surface area contributed by atoms with Crippen LogP contribution in [0.15, 0.2) is 0 Å². The Kier molecular flexibility index (Phi) is 2.11. The highest BCUT2D eigenvalue weighted by Crippen LogP contribution is 2.46. The van der Waals surface area contributed by atoms with Gasteiger partial charge in [-0.25, -0.2) is 4.68 Å². The third kappa shape index (κ3) is 1.43. The van der Waals surface area contributed by atoms with E-state index in [-0.39, 0.29) is 12.0 Å². The summed E-state index contributed by atoms with van der Waals surface area (Å²) in [4.78, 5) is 10.5. The number of aliphatic hydroxyl groups excluding tert-OH is 1. The molecule has 0 radical (unpaired) electrons. The predicted octanol–water partition coefficient (Wildman–Crippen LogP) is 0.172. The summed E-state index contributed by atoms with van der Waals surface area (Å²) in [6.45, 7) is 2.66. The van der Waals surface area contributed by atoms with Gasteiger partial charge in [-0.1, -0.05) is 5.21 Å². The Balaban J connectivity index is 2.17. The van der Waals surface area contributed by atoms with Crippen molar-refractivity contribution in [3.8, 4) is 0 Å². The first-order chi connectivity index (χ1) is 6.71. The summed E-state index contributed by atoms with van der Waals surface area (Å²) in [5.74, 6) is 0. The largest absolute Gasteiger partial charge is 0.396 e. The molecule has 5 nitrogen and oxygen atoms in total. The highest BCUT2D eigenvalue weighted by Gasteiger charge is 2.43. The molecule has 0 atom stereocenters. The van der Waals surface area contributed by atoms with E-state index in [1.165, 1.54) is 0 Å². The van der Waals surface area contributed by atoms with Crippen LogP contribution in [0.2, 0.25) is 0 Å². The van der Waals surface area contributed by atoms with Crippen LogP contribution in [0.5, 0.6) is 0 Å². The summed E-state index contributed by atoms with van der Waals surface area (Å²) in [5.41, 5.74) is 1.16. The Bertz CT molecular complexity index is 355. The molecule has 1 aliphatic carbocycles. The van der Waals surface area contributed by atoms with Crippen molar-refractivity contribution in [2.45, 2.75) is 26.3 Å². The maximum Gasteiger partial charge on any atom is 0.172 e. The maximum absolute atomic E-state index is 10.5. The van der Waals surface area contributed by atoms with E-state index in [0.29, 0.717) is 18.5 Å². The zero-order chi connectivity index (χ0) is 10.2. The molecule has 0 amide bonds. The lowest BCUT2D eigenvalue weighted by Crippen LogP contribution is -2.17. The van der Waals surface area contributed by atoms with Gasteiger partial charge in [0.2, 0.25) is 0 Å². The molecule has 1 N–H and O–H groups in total. The number of aliphatic hydroxyl groups is 1. The minimum absolute atomic E-state index is 0.00137. The van der Waals surface area contributed by atoms with Gasteiger partial charge < -0.3 is 5.11 Å². The van der Waals surface area contributed by atoms with Crippen LogP contribution in [-0.4, -0.2) is 33.0 Å². The molecule has 0 aromatic carbocycles. The van der Waals surface area contributed by atoms with Crippen LogP contribution in [0, 0.1) is 12.3 Å². The molecule has 0 spiro atoms. The predicted molar refractivity (Wildman–Crippen MR) is 48.9 cm³/mol. The minimum atomic E-state index is -0.00137. The van der Waals surface area contributed by atoms with Gasteiger partial charge in [-0.3, -0.25) is 4.79 Å². The SMILES string of the molecule is Cc1c(C=O)nnn1CC1(CO)CC1. The molecule has 0 bridgehead atoms. The van der Waals surface area contributed by atoms with Crippen LogP contribution in [0.1, 0.15) is 29.0 Å². The lowest BCUT2D eigenvalue weighted by Gasteiger charge is -2.11. The standard InChI is InChI=1S/C9H13N3O2/c1-7-8(4-13)10-11-12(7)5-9(6-14)2-3-9/h4,14H,2-3,5-6H2,1H3. The van der Waals surface area contributed by atoms with E-state index >= 15 is 0 Å². The van der Waals surface area contributed by atoms with Crippen LogP contribution >= 0.6 is 0 Å². The van der Waals surface area contributed by atoms with Gasteiger partial charge >= 0.3 is 0 Å². The van der Waals surface area contributed by atoms with Crippen molar-refractivity contribution in [3.05, 3.63) is 11.4 Å². The molecule has 1 aromatic rings. The quantitative estimate of drug-likeness (QED) is 0.695. The normalized spacial score (nSPS) is 18.1. The molecule has 1 saturated carbocycles. The first-order valence-electron chi connectivity index (χ1n) is 4.67. The second-order valence-electron chi connectivity index (χ2n) is 3.99. The average Bonchev–Trinajstić information content (AvgIpc) is 2.89. The van der Waals surface area contributed by atoms with Crippen LogP contribution in [0.3, 0.4) is 0 Å². The number of aromatic nitrogens is 3. The number of carbonyl (C=O) groups excluding carboxylic acids is 1. The number of rotatable bonds is 4. The summed E-state index contributed by atoms with van der Waals surface area (Å²) < 4.78 is 1.70. The summed E-state index contributed by atoms with van der Waals surface area (Å²) in [6, 6.07) is 0. The summed E-state index contributed by atoms with van der Waals surface area (Å²) in [5, 5.41) is 16.8. The second-order valence-corrected chi connectivity index (χ2v) is 3.99. The Labute approximate surface area is 81.7 Å². The fourth-order valence-corrected chi connectivity index (χ4v) is 1.49. The van der Waals surface area contributed by atoms with Crippen LogP contribution < -0.4 is 0 Å². The molecular weight excluding hydrogens is 182 g/mol. The number of carbonyl (C=O) groups is 1. The topological polar surface area (TPSA) is 68.0 Å². The van der Waals surface area contributed by atoms with Gasteiger partial charge in [0, 0.05) is 5.41 Å². The summed E-state index contributed by atoms with van der Waals surface area (Å²) in [7, 11) is 0. The van der Waals surface area contributed by atoms with E-state index in [1.807, 2.05) is 6.92 Å². The maximum atomic E-state index is 10.5. The third-order valence-corrected chi connectivity index (χ3v) is 2.91. The van der Waals surface area contributed by atoms with Crippen LogP contribution in [0.25, 0.3) is 0 Å². The van der Waals surface area contributed by atoms with Gasteiger partial charge in [-0.15, -0.1) is 5.10 Å². The zero-order valence-corrected chi connectivity index (χ0v) is 8.10. The van der Waals surface area contributed by atoms with E-state index in [4.69, 9.17) is 5.11 Å². The Morgan fingerprint density at radius 1 is 1.64 bits per heavy atom. The van der Waals surface area contributed by atoms with Gasteiger partial charge in [0.1, 0.15) is 5.69 Å². The highest BCUT2D eigenvalue weighted by molar-refractivity contribution is 5.72.